The summed E-state index contributed by atoms with van der Waals surface area (Å²) in [5, 5.41) is 18.3. The first-order valence-electron chi connectivity index (χ1n) is 5.98. The van der Waals surface area contributed by atoms with Crippen LogP contribution < -0.4 is 0 Å². The number of hydrogen-bond acceptors (Lipinski definition) is 3. The van der Waals surface area contributed by atoms with Crippen LogP contribution in [0.25, 0.3) is 0 Å². The minimum Gasteiger partial charge on any atom is -0.480 e. The first kappa shape index (κ1) is 13.1. The standard InChI is InChI=1S/C13H16O4S/c1-3-7-4-8-6-10(18-9(8)5-7)13(2,11(14)15)12(16)17/h6-7H,3-5H2,1-2H3,(H,14,15)(H,16,17). The molecular weight excluding hydrogens is 252 g/mol. The maximum Gasteiger partial charge on any atom is 0.326 e. The predicted octanol–water partition coefficient (Wildman–Crippen LogP) is 2.30. The third-order valence-electron chi connectivity index (χ3n) is 3.80. The minimum atomic E-state index is -1.82. The van der Waals surface area contributed by atoms with Gasteiger partial charge in [-0.25, -0.2) is 0 Å². The van der Waals surface area contributed by atoms with E-state index in [4.69, 9.17) is 0 Å². The molecule has 1 aromatic heterocycles. The van der Waals surface area contributed by atoms with Gasteiger partial charge in [0, 0.05) is 9.75 Å². The van der Waals surface area contributed by atoms with Crippen molar-refractivity contribution < 1.29 is 19.8 Å². The van der Waals surface area contributed by atoms with Gasteiger partial charge in [-0.05, 0) is 37.3 Å². The van der Waals surface area contributed by atoms with E-state index in [0.717, 1.165) is 29.7 Å². The molecule has 1 aromatic rings. The second kappa shape index (κ2) is 4.39. The van der Waals surface area contributed by atoms with Crippen LogP contribution in [-0.2, 0) is 27.8 Å². The summed E-state index contributed by atoms with van der Waals surface area (Å²) in [7, 11) is 0. The Kier molecular flexibility index (Phi) is 3.19. The first-order valence-corrected chi connectivity index (χ1v) is 6.80. The minimum absolute atomic E-state index is 0.432. The first-order chi connectivity index (χ1) is 8.39. The molecular formula is C13H16O4S. The van der Waals surface area contributed by atoms with Crippen molar-refractivity contribution in [1.29, 1.82) is 0 Å². The van der Waals surface area contributed by atoms with Gasteiger partial charge in [-0.15, -0.1) is 11.3 Å². The largest absolute Gasteiger partial charge is 0.480 e. The van der Waals surface area contributed by atoms with Crippen molar-refractivity contribution in [3.63, 3.8) is 0 Å². The van der Waals surface area contributed by atoms with Crippen molar-refractivity contribution in [3.05, 3.63) is 21.4 Å². The molecule has 1 aliphatic carbocycles. The number of hydrogen-bond donors (Lipinski definition) is 2. The summed E-state index contributed by atoms with van der Waals surface area (Å²) in [5.41, 5.74) is -0.688. The van der Waals surface area contributed by atoms with Gasteiger partial charge in [-0.3, -0.25) is 9.59 Å². The maximum absolute atomic E-state index is 11.2. The maximum atomic E-state index is 11.2. The molecule has 4 nitrogen and oxygen atoms in total. The fourth-order valence-electron chi connectivity index (χ4n) is 2.29. The van der Waals surface area contributed by atoms with E-state index in [1.54, 1.807) is 6.07 Å². The van der Waals surface area contributed by atoms with Crippen molar-refractivity contribution in [2.24, 2.45) is 5.92 Å². The van der Waals surface area contributed by atoms with Gasteiger partial charge in [0.2, 0.25) is 0 Å². The van der Waals surface area contributed by atoms with Crippen LogP contribution in [0, 0.1) is 5.92 Å². The Morgan fingerprint density at radius 1 is 1.39 bits per heavy atom. The summed E-state index contributed by atoms with van der Waals surface area (Å²) >= 11 is 1.34. The number of rotatable bonds is 4. The lowest BCUT2D eigenvalue weighted by Gasteiger charge is -2.18. The number of fused-ring (bicyclic) bond motifs is 1. The summed E-state index contributed by atoms with van der Waals surface area (Å²) in [5.74, 6) is -1.98. The van der Waals surface area contributed by atoms with Gasteiger partial charge in [-0.2, -0.15) is 0 Å². The molecule has 98 valence electrons. The van der Waals surface area contributed by atoms with E-state index in [9.17, 15) is 19.8 Å². The monoisotopic (exact) mass is 268 g/mol. The second-order valence-electron chi connectivity index (χ2n) is 4.98. The van der Waals surface area contributed by atoms with Gasteiger partial charge in [0.05, 0.1) is 0 Å². The molecule has 18 heavy (non-hydrogen) atoms. The van der Waals surface area contributed by atoms with Crippen molar-refractivity contribution >= 4 is 23.3 Å². The Morgan fingerprint density at radius 3 is 2.44 bits per heavy atom. The zero-order chi connectivity index (χ0) is 13.5. The van der Waals surface area contributed by atoms with E-state index >= 15 is 0 Å². The quantitative estimate of drug-likeness (QED) is 0.822. The van der Waals surface area contributed by atoms with Crippen LogP contribution in [-0.4, -0.2) is 22.2 Å². The molecule has 1 atom stereocenters. The lowest BCUT2D eigenvalue weighted by atomic mass is 9.88. The van der Waals surface area contributed by atoms with Crippen LogP contribution in [0.2, 0.25) is 0 Å². The Morgan fingerprint density at radius 2 is 2.00 bits per heavy atom. The fraction of sp³-hybridized carbons (Fsp3) is 0.538. The Hall–Kier alpha value is -1.36. The SMILES string of the molecule is CCC1Cc2cc(C(C)(C(=O)O)C(=O)O)sc2C1. The van der Waals surface area contributed by atoms with Crippen LogP contribution in [0.4, 0.5) is 0 Å². The normalized spacial score (nSPS) is 18.7. The molecule has 0 aliphatic heterocycles. The lowest BCUT2D eigenvalue weighted by Crippen LogP contribution is -2.40. The molecule has 0 saturated heterocycles. The van der Waals surface area contributed by atoms with Gasteiger partial charge in [0.1, 0.15) is 0 Å². The van der Waals surface area contributed by atoms with E-state index < -0.39 is 17.4 Å². The fourth-order valence-corrected chi connectivity index (χ4v) is 3.73. The van der Waals surface area contributed by atoms with Crippen molar-refractivity contribution in [2.45, 2.75) is 38.5 Å². The average Bonchev–Trinajstić information content (AvgIpc) is 2.84. The van der Waals surface area contributed by atoms with Crippen molar-refractivity contribution in [3.8, 4) is 0 Å². The summed E-state index contributed by atoms with van der Waals surface area (Å²) < 4.78 is 0. The van der Waals surface area contributed by atoms with Gasteiger partial charge in [0.15, 0.2) is 5.41 Å². The summed E-state index contributed by atoms with van der Waals surface area (Å²) in [6, 6.07) is 1.78. The number of carbonyl (C=O) groups is 2. The molecule has 0 fully saturated rings. The molecule has 2 N–H and O–H groups in total. The summed E-state index contributed by atoms with van der Waals surface area (Å²) in [4.78, 5) is 24.1. The van der Waals surface area contributed by atoms with E-state index in [1.807, 2.05) is 0 Å². The molecule has 1 aliphatic rings. The molecule has 0 amide bonds. The third-order valence-corrected chi connectivity index (χ3v) is 5.23. The molecule has 1 heterocycles. The molecule has 0 saturated carbocycles. The highest BCUT2D eigenvalue weighted by Gasteiger charge is 2.45. The zero-order valence-electron chi connectivity index (χ0n) is 10.4. The van der Waals surface area contributed by atoms with E-state index in [-0.39, 0.29) is 0 Å². The molecule has 2 rings (SSSR count). The number of carboxylic acids is 2. The van der Waals surface area contributed by atoms with E-state index in [2.05, 4.69) is 6.92 Å². The van der Waals surface area contributed by atoms with Gasteiger partial charge in [0.25, 0.3) is 0 Å². The summed E-state index contributed by atoms with van der Waals surface area (Å²) in [6.45, 7) is 3.40. The number of aliphatic carboxylic acids is 2. The molecule has 0 bridgehead atoms. The molecule has 1 unspecified atom stereocenters. The molecule has 5 heteroatoms. The van der Waals surface area contributed by atoms with Gasteiger partial charge >= 0.3 is 11.9 Å². The molecule has 0 aromatic carbocycles. The smallest absolute Gasteiger partial charge is 0.326 e. The van der Waals surface area contributed by atoms with Gasteiger partial charge in [-0.1, -0.05) is 13.3 Å². The molecule has 0 spiro atoms. The topological polar surface area (TPSA) is 74.6 Å². The molecule has 0 radical (unpaired) electrons. The highest BCUT2D eigenvalue weighted by Crippen LogP contribution is 2.40. The van der Waals surface area contributed by atoms with Crippen LogP contribution in [0.1, 0.15) is 35.6 Å². The van der Waals surface area contributed by atoms with Crippen LogP contribution >= 0.6 is 11.3 Å². The zero-order valence-corrected chi connectivity index (χ0v) is 11.2. The van der Waals surface area contributed by atoms with Crippen molar-refractivity contribution in [1.82, 2.24) is 0 Å². The van der Waals surface area contributed by atoms with Crippen molar-refractivity contribution in [2.75, 3.05) is 0 Å². The lowest BCUT2D eigenvalue weighted by molar-refractivity contribution is -0.156. The highest BCUT2D eigenvalue weighted by molar-refractivity contribution is 7.12. The predicted molar refractivity (Wildman–Crippen MR) is 68.1 cm³/mol. The summed E-state index contributed by atoms with van der Waals surface area (Å²) in [6.07, 6.45) is 3.00. The van der Waals surface area contributed by atoms with Crippen LogP contribution in [0.3, 0.4) is 0 Å². The number of carboxylic acid groups (broad SMARTS) is 2. The Balaban J connectivity index is 2.37. The third kappa shape index (κ3) is 1.82. The van der Waals surface area contributed by atoms with Crippen LogP contribution in [0.15, 0.2) is 6.07 Å². The highest BCUT2D eigenvalue weighted by atomic mass is 32.1. The van der Waals surface area contributed by atoms with E-state index in [1.165, 1.54) is 18.3 Å². The number of thiophene rings is 1. The Labute approximate surface area is 109 Å². The Bertz CT molecular complexity index is 466. The van der Waals surface area contributed by atoms with Gasteiger partial charge < -0.3 is 10.2 Å². The van der Waals surface area contributed by atoms with E-state index in [0.29, 0.717) is 10.8 Å². The average molecular weight is 268 g/mol. The van der Waals surface area contributed by atoms with Crippen LogP contribution in [0.5, 0.6) is 0 Å². The second-order valence-corrected chi connectivity index (χ2v) is 6.11.